The molecule has 0 aromatic heterocycles. The molecule has 17 heteroatoms. The predicted molar refractivity (Wildman–Crippen MR) is 168 cm³/mol. The Morgan fingerprint density at radius 2 is 1.67 bits per heavy atom. The zero-order chi connectivity index (χ0) is 35.8. The van der Waals surface area contributed by atoms with Crippen molar-refractivity contribution in [3.05, 3.63) is 62.9 Å². The molecule has 13 nitrogen and oxygen atoms in total. The fraction of sp³-hybridized carbons (Fsp3) is 0.355. The van der Waals surface area contributed by atoms with Gasteiger partial charge >= 0.3 is 12.2 Å². The van der Waals surface area contributed by atoms with Gasteiger partial charge in [-0.1, -0.05) is 11.6 Å². The molecule has 48 heavy (non-hydrogen) atoms. The van der Waals surface area contributed by atoms with Crippen LogP contribution in [0.1, 0.15) is 23.1 Å². The van der Waals surface area contributed by atoms with Crippen molar-refractivity contribution in [2.24, 2.45) is 17.6 Å². The van der Waals surface area contributed by atoms with Crippen LogP contribution in [0.4, 0.5) is 35.0 Å². The number of alkyl halides is 3. The number of hydrogen-bond donors (Lipinski definition) is 7. The maximum Gasteiger partial charge on any atom is 0.418 e. The molecule has 0 radical (unpaired) electrons. The van der Waals surface area contributed by atoms with Gasteiger partial charge < -0.3 is 41.7 Å². The quantitative estimate of drug-likeness (QED) is 0.180. The maximum absolute atomic E-state index is 14.1. The lowest BCUT2D eigenvalue weighted by molar-refractivity contribution is -0.153. The fourth-order valence-electron chi connectivity index (χ4n) is 6.92. The highest BCUT2D eigenvalue weighted by molar-refractivity contribution is 6.30. The lowest BCUT2D eigenvalue weighted by atomic mass is 9.57. The van der Waals surface area contributed by atoms with Gasteiger partial charge in [-0.3, -0.25) is 19.3 Å². The first-order valence-electron chi connectivity index (χ1n) is 14.4. The number of fused-ring (bicyclic) bond motifs is 3. The van der Waals surface area contributed by atoms with Crippen LogP contribution in [0.2, 0.25) is 5.02 Å². The van der Waals surface area contributed by atoms with Crippen molar-refractivity contribution in [2.75, 3.05) is 43.7 Å². The number of phenolic OH excluding ortho intramolecular Hbond substituents is 1. The van der Waals surface area contributed by atoms with Crippen LogP contribution in [0.15, 0.2) is 41.2 Å². The molecule has 0 unspecified atom stereocenters. The summed E-state index contributed by atoms with van der Waals surface area (Å²) in [5.74, 6) is -8.43. The Bertz CT molecular complexity index is 1860. The lowest BCUT2D eigenvalue weighted by Gasteiger charge is -2.50. The molecule has 1 saturated carbocycles. The summed E-state index contributed by atoms with van der Waals surface area (Å²) >= 11 is 5.71. The minimum Gasteiger partial charge on any atom is -0.508 e. The molecule has 0 spiro atoms. The van der Waals surface area contributed by atoms with E-state index in [1.165, 1.54) is 25.1 Å². The molecule has 256 valence electrons. The van der Waals surface area contributed by atoms with E-state index in [1.807, 2.05) is 0 Å². The van der Waals surface area contributed by atoms with Gasteiger partial charge in [0.1, 0.15) is 17.1 Å². The van der Waals surface area contributed by atoms with E-state index in [2.05, 4.69) is 10.6 Å². The van der Waals surface area contributed by atoms with Crippen LogP contribution in [0.3, 0.4) is 0 Å². The number of hydrogen-bond acceptors (Lipinski definition) is 10. The Hall–Kier alpha value is -4.80. The third-order valence-corrected chi connectivity index (χ3v) is 9.20. The Morgan fingerprint density at radius 3 is 2.23 bits per heavy atom. The Labute approximate surface area is 276 Å². The van der Waals surface area contributed by atoms with Crippen LogP contribution in [0.25, 0.3) is 5.76 Å². The Morgan fingerprint density at radius 1 is 1.04 bits per heavy atom. The molecule has 8 N–H and O–H groups in total. The van der Waals surface area contributed by atoms with Crippen molar-refractivity contribution >= 4 is 57.9 Å². The minimum absolute atomic E-state index is 0.0260. The molecular formula is C31H31ClF3N5O8. The molecule has 5 rings (SSSR count). The van der Waals surface area contributed by atoms with Gasteiger partial charge in [-0.05, 0) is 62.7 Å². The molecule has 3 aliphatic rings. The molecule has 0 aliphatic heterocycles. The van der Waals surface area contributed by atoms with E-state index in [4.69, 9.17) is 17.3 Å². The van der Waals surface area contributed by atoms with Crippen LogP contribution < -0.4 is 21.3 Å². The zero-order valence-electron chi connectivity index (χ0n) is 25.9. The molecule has 3 amide bonds. The number of benzene rings is 2. The van der Waals surface area contributed by atoms with Crippen molar-refractivity contribution < 1.29 is 52.8 Å². The third kappa shape index (κ3) is 5.29. The van der Waals surface area contributed by atoms with Gasteiger partial charge in [0.15, 0.2) is 17.1 Å². The number of aromatic hydroxyl groups is 1. The number of primary amides is 1. The van der Waals surface area contributed by atoms with Crippen molar-refractivity contribution in [3.8, 4) is 5.75 Å². The first-order chi connectivity index (χ1) is 22.2. The van der Waals surface area contributed by atoms with Crippen LogP contribution >= 0.6 is 11.6 Å². The highest BCUT2D eigenvalue weighted by Crippen LogP contribution is 2.54. The summed E-state index contributed by atoms with van der Waals surface area (Å²) in [4.78, 5) is 55.5. The number of anilines is 3. The lowest BCUT2D eigenvalue weighted by Crippen LogP contribution is -2.65. The SMILES string of the molecule is CN(C)c1cc(NC(=O)Nc2ccc(Cl)cc2C(F)(F)F)c(O)c2c1C[C@@H]1C[C@H]3[C@@H](N(C)C)C(=O)C(C(N)=O)=C(O)[C@@]3(O)C(=O)C1=C2O. The van der Waals surface area contributed by atoms with Crippen molar-refractivity contribution in [3.63, 3.8) is 0 Å². The van der Waals surface area contributed by atoms with Crippen molar-refractivity contribution in [1.82, 2.24) is 4.90 Å². The van der Waals surface area contributed by atoms with E-state index in [9.17, 15) is 52.8 Å². The van der Waals surface area contributed by atoms with Gasteiger partial charge in [-0.25, -0.2) is 4.79 Å². The molecule has 2 aromatic rings. The van der Waals surface area contributed by atoms with E-state index in [-0.39, 0.29) is 29.1 Å². The molecule has 0 saturated heterocycles. The average Bonchev–Trinajstić information content (AvgIpc) is 2.96. The first kappa shape index (κ1) is 34.5. The van der Waals surface area contributed by atoms with Gasteiger partial charge in [0.25, 0.3) is 5.91 Å². The topological polar surface area (TPSA) is 206 Å². The van der Waals surface area contributed by atoms with E-state index in [0.717, 1.165) is 12.1 Å². The maximum atomic E-state index is 14.1. The second-order valence-electron chi connectivity index (χ2n) is 12.3. The molecule has 1 fully saturated rings. The van der Waals surface area contributed by atoms with Crippen molar-refractivity contribution in [2.45, 2.75) is 30.7 Å². The molecular weight excluding hydrogens is 663 g/mol. The number of aliphatic hydroxyl groups excluding tert-OH is 2. The van der Waals surface area contributed by atoms with Gasteiger partial charge in [0.2, 0.25) is 5.78 Å². The number of nitrogens with two attached hydrogens (primary N) is 1. The number of likely N-dealkylation sites (N-methyl/N-ethyl adjacent to an activating group) is 1. The highest BCUT2D eigenvalue weighted by atomic mass is 35.5. The van der Waals surface area contributed by atoms with Gasteiger partial charge in [-0.15, -0.1) is 0 Å². The van der Waals surface area contributed by atoms with Crippen LogP contribution in [-0.2, 0) is 27.0 Å². The van der Waals surface area contributed by atoms with E-state index >= 15 is 0 Å². The third-order valence-electron chi connectivity index (χ3n) is 8.96. The normalized spacial score (nSPS) is 23.8. The van der Waals surface area contributed by atoms with Gasteiger partial charge in [0.05, 0.1) is 28.5 Å². The standard InChI is InChI=1S/C31H31ClF3N5O8/c1-39(2)18-10-17(38-29(47)37-16-6-5-12(32)9-14(16)31(33,34)35)23(41)20-13(18)7-11-8-15-22(40(3)4)25(43)21(28(36)46)27(45)30(15,48)26(44)19(11)24(20)42/h5-6,9-11,15,22,41-42,45,48H,7-8H2,1-4H3,(H2,36,46)(H2,37,38,47)/t11-,15+,22-,30+/m1/s1. The summed E-state index contributed by atoms with van der Waals surface area (Å²) in [7, 11) is 6.18. The molecule has 3 aliphatic carbocycles. The summed E-state index contributed by atoms with van der Waals surface area (Å²) in [5, 5.41) is 49.8. The average molecular weight is 694 g/mol. The predicted octanol–water partition coefficient (Wildman–Crippen LogP) is 3.35. The van der Waals surface area contributed by atoms with E-state index in [1.54, 1.807) is 19.0 Å². The number of ketones is 2. The number of nitrogens with zero attached hydrogens (tertiary/aromatic N) is 2. The second kappa shape index (κ2) is 11.7. The summed E-state index contributed by atoms with van der Waals surface area (Å²) in [6.45, 7) is 0. The number of phenols is 1. The van der Waals surface area contributed by atoms with Gasteiger partial charge in [0, 0.05) is 36.3 Å². The number of amides is 3. The molecule has 4 atom stereocenters. The minimum atomic E-state index is -4.87. The van der Waals surface area contributed by atoms with E-state index < -0.39 is 92.8 Å². The Balaban J connectivity index is 1.62. The summed E-state index contributed by atoms with van der Waals surface area (Å²) in [6, 6.07) is 1.56. The number of carbonyl (C=O) groups is 4. The smallest absolute Gasteiger partial charge is 0.418 e. The second-order valence-corrected chi connectivity index (χ2v) is 12.7. The number of nitrogens with one attached hydrogen (secondary N) is 2. The summed E-state index contributed by atoms with van der Waals surface area (Å²) < 4.78 is 40.8. The number of carbonyl (C=O) groups excluding carboxylic acids is 4. The fourth-order valence-corrected chi connectivity index (χ4v) is 7.09. The van der Waals surface area contributed by atoms with Crippen molar-refractivity contribution in [1.29, 1.82) is 0 Å². The van der Waals surface area contributed by atoms with E-state index in [0.29, 0.717) is 17.3 Å². The number of rotatable bonds is 5. The monoisotopic (exact) mass is 693 g/mol. The molecule has 0 heterocycles. The Kier molecular flexibility index (Phi) is 8.43. The zero-order valence-corrected chi connectivity index (χ0v) is 26.6. The molecule has 2 aromatic carbocycles. The summed E-state index contributed by atoms with van der Waals surface area (Å²) in [6.07, 6.45) is -5.03. The largest absolute Gasteiger partial charge is 0.508 e. The number of aliphatic hydroxyl groups is 3. The number of urea groups is 1. The summed E-state index contributed by atoms with van der Waals surface area (Å²) in [5.41, 5.74) is -0.786. The van der Waals surface area contributed by atoms with Crippen LogP contribution in [0, 0.1) is 11.8 Å². The van der Waals surface area contributed by atoms with Crippen LogP contribution in [-0.4, -0.2) is 88.7 Å². The van der Waals surface area contributed by atoms with Gasteiger partial charge in [-0.2, -0.15) is 13.2 Å². The molecule has 0 bridgehead atoms. The van der Waals surface area contributed by atoms with Crippen LogP contribution in [0.5, 0.6) is 5.75 Å². The number of halogens is 4. The number of Topliss-reactive ketones (excluding diaryl/α,β-unsaturated/α-hetero) is 2. The highest BCUT2D eigenvalue weighted by Gasteiger charge is 2.64. The first-order valence-corrected chi connectivity index (χ1v) is 14.7.